The molecular weight excluding hydrogens is 288 g/mol. The Balaban J connectivity index is 1.39. The molecular formula is C18H28N4O. The van der Waals surface area contributed by atoms with Crippen molar-refractivity contribution < 1.29 is 5.11 Å². The minimum Gasteiger partial charge on any atom is -0.389 e. The van der Waals surface area contributed by atoms with Crippen molar-refractivity contribution in [2.75, 3.05) is 37.6 Å². The van der Waals surface area contributed by atoms with E-state index in [9.17, 15) is 5.11 Å². The highest BCUT2D eigenvalue weighted by molar-refractivity contribution is 5.48. The topological polar surface area (TPSA) is 52.5 Å². The molecule has 0 bridgehead atoms. The van der Waals surface area contributed by atoms with Gasteiger partial charge in [-0.3, -0.25) is 4.90 Å². The lowest BCUT2D eigenvalue weighted by molar-refractivity contribution is 0.0141. The molecule has 4 rings (SSSR count). The predicted octanol–water partition coefficient (Wildman–Crippen LogP) is 1.77. The first kappa shape index (κ1) is 15.3. The zero-order valence-corrected chi connectivity index (χ0v) is 14.3. The molecule has 3 fully saturated rings. The van der Waals surface area contributed by atoms with E-state index in [1.54, 1.807) is 6.33 Å². The van der Waals surface area contributed by atoms with Crippen LogP contribution in [0, 0.1) is 25.7 Å². The first-order chi connectivity index (χ1) is 11.0. The van der Waals surface area contributed by atoms with Crippen LogP contribution in [0.1, 0.15) is 36.9 Å². The van der Waals surface area contributed by atoms with Gasteiger partial charge < -0.3 is 10.0 Å². The van der Waals surface area contributed by atoms with Crippen LogP contribution in [0.15, 0.2) is 6.33 Å². The molecule has 0 amide bonds. The van der Waals surface area contributed by atoms with E-state index in [-0.39, 0.29) is 0 Å². The highest BCUT2D eigenvalue weighted by atomic mass is 16.3. The summed E-state index contributed by atoms with van der Waals surface area (Å²) >= 11 is 0. The van der Waals surface area contributed by atoms with E-state index < -0.39 is 5.60 Å². The van der Waals surface area contributed by atoms with Gasteiger partial charge in [-0.05, 0) is 38.5 Å². The summed E-state index contributed by atoms with van der Waals surface area (Å²) in [5.41, 5.74) is 1.89. The van der Waals surface area contributed by atoms with Crippen LogP contribution in [0.4, 0.5) is 5.82 Å². The first-order valence-corrected chi connectivity index (χ1v) is 9.02. The van der Waals surface area contributed by atoms with Crippen LogP contribution in [-0.4, -0.2) is 58.3 Å². The van der Waals surface area contributed by atoms with Crippen LogP contribution in [0.25, 0.3) is 0 Å². The predicted molar refractivity (Wildman–Crippen MR) is 90.6 cm³/mol. The van der Waals surface area contributed by atoms with E-state index in [4.69, 9.17) is 0 Å². The number of anilines is 1. The van der Waals surface area contributed by atoms with E-state index in [1.165, 1.54) is 18.4 Å². The van der Waals surface area contributed by atoms with Crippen molar-refractivity contribution in [3.05, 3.63) is 17.6 Å². The number of fused-ring (bicyclic) bond motifs is 1. The number of aromatic nitrogens is 2. The molecule has 3 aliphatic rings. The highest BCUT2D eigenvalue weighted by Crippen LogP contribution is 2.37. The van der Waals surface area contributed by atoms with Gasteiger partial charge in [-0.15, -0.1) is 0 Å². The van der Waals surface area contributed by atoms with Crippen LogP contribution < -0.4 is 4.90 Å². The summed E-state index contributed by atoms with van der Waals surface area (Å²) in [6.07, 6.45) is 6.05. The zero-order chi connectivity index (χ0) is 16.0. The molecule has 1 aliphatic carbocycles. The summed E-state index contributed by atoms with van der Waals surface area (Å²) < 4.78 is 0. The van der Waals surface area contributed by atoms with E-state index >= 15 is 0 Å². The van der Waals surface area contributed by atoms with Crippen LogP contribution in [0.3, 0.4) is 0 Å². The number of likely N-dealkylation sites (tertiary alicyclic amines) is 1. The van der Waals surface area contributed by atoms with Gasteiger partial charge in [0.2, 0.25) is 0 Å². The molecule has 5 nitrogen and oxygen atoms in total. The van der Waals surface area contributed by atoms with Crippen LogP contribution in [0.2, 0.25) is 0 Å². The van der Waals surface area contributed by atoms with Gasteiger partial charge >= 0.3 is 0 Å². The Labute approximate surface area is 138 Å². The average molecular weight is 316 g/mol. The molecule has 0 radical (unpaired) electrons. The lowest BCUT2D eigenvalue weighted by Crippen LogP contribution is -2.41. The standard InChI is InChI=1S/C18H28N4O/c1-13-14(2)19-12-20-17(13)22-9-15-7-21(8-16(15)10-22)11-18(23)5-3-4-6-18/h12,15-16,23H,3-11H2,1-2H3. The fraction of sp³-hybridized carbons (Fsp3) is 0.778. The van der Waals surface area contributed by atoms with Gasteiger partial charge in [0.05, 0.1) is 5.60 Å². The van der Waals surface area contributed by atoms with Crippen LogP contribution >= 0.6 is 0 Å². The normalized spacial score (nSPS) is 30.1. The number of β-amino-alcohol motifs (C(OH)–C–C–N with tert-alkyl or cyclic N) is 1. The minimum absolute atomic E-state index is 0.404. The second-order valence-corrected chi connectivity index (χ2v) is 7.96. The van der Waals surface area contributed by atoms with Crippen molar-refractivity contribution in [1.29, 1.82) is 0 Å². The summed E-state index contributed by atoms with van der Waals surface area (Å²) in [4.78, 5) is 13.8. The molecule has 2 atom stereocenters. The van der Waals surface area contributed by atoms with Gasteiger partial charge in [-0.1, -0.05) is 12.8 Å². The monoisotopic (exact) mass is 316 g/mol. The fourth-order valence-electron chi connectivity index (χ4n) is 4.84. The Morgan fingerprint density at radius 3 is 2.39 bits per heavy atom. The second kappa shape index (κ2) is 5.71. The SMILES string of the molecule is Cc1ncnc(N2CC3CN(CC4(O)CCCC4)CC3C2)c1C. The van der Waals surface area contributed by atoms with Crippen molar-refractivity contribution in [2.45, 2.75) is 45.1 Å². The number of hydrogen-bond donors (Lipinski definition) is 1. The van der Waals surface area contributed by atoms with Crippen molar-refractivity contribution in [3.8, 4) is 0 Å². The molecule has 1 aromatic heterocycles. The summed E-state index contributed by atoms with van der Waals surface area (Å²) in [6, 6.07) is 0. The molecule has 0 aromatic carbocycles. The van der Waals surface area contributed by atoms with Crippen molar-refractivity contribution in [1.82, 2.24) is 14.9 Å². The number of hydrogen-bond acceptors (Lipinski definition) is 5. The van der Waals surface area contributed by atoms with Gasteiger partial charge in [0.25, 0.3) is 0 Å². The van der Waals surface area contributed by atoms with Gasteiger partial charge in [-0.25, -0.2) is 9.97 Å². The summed E-state index contributed by atoms with van der Waals surface area (Å²) in [7, 11) is 0. The molecule has 3 heterocycles. The van der Waals surface area contributed by atoms with E-state index in [0.717, 1.165) is 68.9 Å². The van der Waals surface area contributed by atoms with E-state index in [2.05, 4.69) is 33.6 Å². The largest absolute Gasteiger partial charge is 0.389 e. The summed E-state index contributed by atoms with van der Waals surface area (Å²) in [5, 5.41) is 10.6. The van der Waals surface area contributed by atoms with E-state index in [1.807, 2.05) is 0 Å². The Hall–Kier alpha value is -1.20. The molecule has 0 spiro atoms. The Morgan fingerprint density at radius 2 is 1.74 bits per heavy atom. The van der Waals surface area contributed by atoms with Gasteiger partial charge in [0, 0.05) is 44.0 Å². The molecule has 23 heavy (non-hydrogen) atoms. The van der Waals surface area contributed by atoms with Crippen molar-refractivity contribution in [3.63, 3.8) is 0 Å². The summed E-state index contributed by atoms with van der Waals surface area (Å²) in [5.74, 6) is 2.55. The maximum atomic E-state index is 10.6. The third-order valence-corrected chi connectivity index (χ3v) is 6.22. The number of aryl methyl sites for hydroxylation is 1. The van der Waals surface area contributed by atoms with Crippen molar-refractivity contribution in [2.24, 2.45) is 11.8 Å². The molecule has 1 saturated carbocycles. The quantitative estimate of drug-likeness (QED) is 0.921. The van der Waals surface area contributed by atoms with Gasteiger partial charge in [0.15, 0.2) is 0 Å². The fourth-order valence-corrected chi connectivity index (χ4v) is 4.84. The molecule has 2 unspecified atom stereocenters. The van der Waals surface area contributed by atoms with E-state index in [0.29, 0.717) is 0 Å². The number of rotatable bonds is 3. The maximum Gasteiger partial charge on any atom is 0.135 e. The number of nitrogens with zero attached hydrogens (tertiary/aromatic N) is 4. The Kier molecular flexibility index (Phi) is 3.81. The average Bonchev–Trinajstić information content (AvgIpc) is 3.17. The molecule has 2 aliphatic heterocycles. The van der Waals surface area contributed by atoms with Crippen LogP contribution in [-0.2, 0) is 0 Å². The third-order valence-electron chi connectivity index (χ3n) is 6.22. The van der Waals surface area contributed by atoms with Crippen LogP contribution in [0.5, 0.6) is 0 Å². The zero-order valence-electron chi connectivity index (χ0n) is 14.3. The summed E-state index contributed by atoms with van der Waals surface area (Å²) in [6.45, 7) is 9.51. The molecule has 2 saturated heterocycles. The molecule has 126 valence electrons. The third kappa shape index (κ3) is 2.85. The molecule has 5 heteroatoms. The number of aliphatic hydroxyl groups is 1. The highest BCUT2D eigenvalue weighted by Gasteiger charge is 2.43. The Morgan fingerprint density at radius 1 is 1.09 bits per heavy atom. The van der Waals surface area contributed by atoms with Crippen molar-refractivity contribution >= 4 is 5.82 Å². The lowest BCUT2D eigenvalue weighted by atomic mass is 10.0. The Bertz CT molecular complexity index is 570. The second-order valence-electron chi connectivity index (χ2n) is 7.96. The van der Waals surface area contributed by atoms with Gasteiger partial charge in [0.1, 0.15) is 12.1 Å². The lowest BCUT2D eigenvalue weighted by Gasteiger charge is -2.30. The minimum atomic E-state index is -0.404. The molecule has 1 aromatic rings. The van der Waals surface area contributed by atoms with Gasteiger partial charge in [-0.2, -0.15) is 0 Å². The molecule has 1 N–H and O–H groups in total. The smallest absolute Gasteiger partial charge is 0.135 e. The maximum absolute atomic E-state index is 10.6. The first-order valence-electron chi connectivity index (χ1n) is 9.02.